The number of hydrogen-bond acceptors (Lipinski definition) is 5. The lowest BCUT2D eigenvalue weighted by atomic mass is 9.97. The molecule has 0 radical (unpaired) electrons. The fourth-order valence-electron chi connectivity index (χ4n) is 5.82. The number of carbonyl (C=O) groups is 3. The van der Waals surface area contributed by atoms with Crippen molar-refractivity contribution >= 4 is 23.3 Å². The van der Waals surface area contributed by atoms with E-state index >= 15 is 4.39 Å². The quantitative estimate of drug-likeness (QED) is 0.236. The summed E-state index contributed by atoms with van der Waals surface area (Å²) in [6, 6.07) is 12.7. The highest BCUT2D eigenvalue weighted by Gasteiger charge is 2.46. The molecule has 3 aromatic rings. The van der Waals surface area contributed by atoms with Gasteiger partial charge in [-0.15, -0.1) is 0 Å². The van der Waals surface area contributed by atoms with Gasteiger partial charge in [0.15, 0.2) is 5.82 Å². The Morgan fingerprint density at radius 2 is 1.87 bits per heavy atom. The number of imidazole rings is 1. The molecule has 0 bridgehead atoms. The molecule has 242 valence electrons. The maximum Gasteiger partial charge on any atom is 0.310 e. The standard InChI is InChI=1S/C37H39FN6O3/c1-25(2)44-19-17-39-33(44)11-7-16-40-35(46)36(47)41-23-26-8-3-4-10-32(26)34(45)42-37(14-15-37)29-20-28(21-30(38)22-29)27-9-5-6-18-43(24-27)31-12-13-31/h3-5,8-10,17,19-22,24-25,31H,6,12-16,18,23H2,1-2H3,(H,40,46)(H,41,47)(H,42,45). The van der Waals surface area contributed by atoms with Crippen LogP contribution in [0, 0.1) is 17.7 Å². The van der Waals surface area contributed by atoms with Crippen molar-refractivity contribution in [3.05, 3.63) is 107 Å². The molecule has 2 saturated carbocycles. The molecule has 47 heavy (non-hydrogen) atoms. The van der Waals surface area contributed by atoms with Crippen LogP contribution in [0.3, 0.4) is 0 Å². The van der Waals surface area contributed by atoms with Crippen molar-refractivity contribution in [1.29, 1.82) is 0 Å². The molecule has 6 rings (SSSR count). The van der Waals surface area contributed by atoms with E-state index in [0.717, 1.165) is 29.7 Å². The van der Waals surface area contributed by atoms with E-state index in [1.165, 1.54) is 18.9 Å². The lowest BCUT2D eigenvalue weighted by Gasteiger charge is -2.21. The molecule has 3 N–H and O–H groups in total. The van der Waals surface area contributed by atoms with E-state index in [0.29, 0.717) is 35.8 Å². The largest absolute Gasteiger partial charge is 0.374 e. The molecule has 0 unspecified atom stereocenters. The predicted molar refractivity (Wildman–Crippen MR) is 177 cm³/mol. The normalized spacial score (nSPS) is 16.4. The zero-order chi connectivity index (χ0) is 33.0. The number of aromatic nitrogens is 2. The van der Waals surface area contributed by atoms with E-state index in [-0.39, 0.29) is 30.9 Å². The van der Waals surface area contributed by atoms with Crippen molar-refractivity contribution in [2.75, 3.05) is 13.1 Å². The predicted octanol–water partition coefficient (Wildman–Crippen LogP) is 4.57. The Balaban J connectivity index is 1.08. The third-order valence-electron chi connectivity index (χ3n) is 8.73. The zero-order valence-electron chi connectivity index (χ0n) is 26.7. The fourth-order valence-corrected chi connectivity index (χ4v) is 5.82. The Morgan fingerprint density at radius 1 is 1.09 bits per heavy atom. The summed E-state index contributed by atoms with van der Waals surface area (Å²) in [4.78, 5) is 45.1. The number of hydrogen-bond donors (Lipinski definition) is 3. The topological polar surface area (TPSA) is 108 Å². The number of rotatable bonds is 9. The van der Waals surface area contributed by atoms with Gasteiger partial charge in [0, 0.05) is 49.3 Å². The van der Waals surface area contributed by atoms with Crippen molar-refractivity contribution in [1.82, 2.24) is 30.4 Å². The minimum absolute atomic E-state index is 0.0214. The van der Waals surface area contributed by atoms with Crippen molar-refractivity contribution in [2.45, 2.75) is 70.1 Å². The van der Waals surface area contributed by atoms with Crippen molar-refractivity contribution in [3.8, 4) is 11.8 Å². The summed E-state index contributed by atoms with van der Waals surface area (Å²) < 4.78 is 16.9. The molecule has 0 spiro atoms. The van der Waals surface area contributed by atoms with E-state index in [1.807, 2.05) is 30.7 Å². The third-order valence-corrected chi connectivity index (χ3v) is 8.73. The first kappa shape index (κ1) is 31.8. The molecule has 10 heteroatoms. The number of carbonyl (C=O) groups excluding carboxylic acids is 3. The van der Waals surface area contributed by atoms with E-state index in [2.05, 4.69) is 56.0 Å². The highest BCUT2D eigenvalue weighted by molar-refractivity contribution is 6.35. The third kappa shape index (κ3) is 7.63. The highest BCUT2D eigenvalue weighted by Crippen LogP contribution is 2.47. The van der Waals surface area contributed by atoms with Gasteiger partial charge in [-0.1, -0.05) is 36.3 Å². The van der Waals surface area contributed by atoms with E-state index in [1.54, 1.807) is 36.5 Å². The second-order valence-corrected chi connectivity index (χ2v) is 12.6. The van der Waals surface area contributed by atoms with Crippen LogP contribution in [0.2, 0.25) is 0 Å². The van der Waals surface area contributed by atoms with Crippen LogP contribution in [0.1, 0.15) is 84.9 Å². The smallest absolute Gasteiger partial charge is 0.310 e. The van der Waals surface area contributed by atoms with Gasteiger partial charge >= 0.3 is 11.8 Å². The van der Waals surface area contributed by atoms with E-state index < -0.39 is 17.4 Å². The Kier molecular flexibility index (Phi) is 9.25. The number of nitrogens with zero attached hydrogens (tertiary/aromatic N) is 3. The summed E-state index contributed by atoms with van der Waals surface area (Å²) in [5, 5.41) is 8.23. The number of amides is 3. The molecule has 0 saturated heterocycles. The summed E-state index contributed by atoms with van der Waals surface area (Å²) in [6.45, 7) is 4.94. The van der Waals surface area contributed by atoms with Crippen molar-refractivity contribution in [3.63, 3.8) is 0 Å². The van der Waals surface area contributed by atoms with Gasteiger partial charge in [-0.25, -0.2) is 9.37 Å². The highest BCUT2D eigenvalue weighted by atomic mass is 19.1. The molecule has 2 fully saturated rings. The van der Waals surface area contributed by atoms with Gasteiger partial charge in [0.05, 0.1) is 12.1 Å². The molecule has 2 aromatic carbocycles. The molecule has 9 nitrogen and oxygen atoms in total. The summed E-state index contributed by atoms with van der Waals surface area (Å²) in [5.74, 6) is 3.96. The van der Waals surface area contributed by atoms with Crippen LogP contribution < -0.4 is 16.0 Å². The number of nitrogens with one attached hydrogen (secondary N) is 3. The maximum absolute atomic E-state index is 15.0. The van der Waals surface area contributed by atoms with Gasteiger partial charge in [-0.05, 0) is 98.4 Å². The summed E-state index contributed by atoms with van der Waals surface area (Å²) in [7, 11) is 0. The molecule has 1 aromatic heterocycles. The minimum atomic E-state index is -0.834. The Bertz CT molecular complexity index is 1810. The summed E-state index contributed by atoms with van der Waals surface area (Å²) in [5.41, 5.74) is 2.73. The molecule has 2 aliphatic carbocycles. The van der Waals surface area contributed by atoms with Crippen molar-refractivity contribution < 1.29 is 18.8 Å². The summed E-state index contributed by atoms with van der Waals surface area (Å²) >= 11 is 0. The average Bonchev–Trinajstić information content (AvgIpc) is 3.99. The molecule has 0 atom stereocenters. The van der Waals surface area contributed by atoms with Crippen LogP contribution >= 0.6 is 0 Å². The van der Waals surface area contributed by atoms with Gasteiger partial charge in [0.2, 0.25) is 0 Å². The number of halogens is 1. The molecule has 3 aliphatic rings. The lowest BCUT2D eigenvalue weighted by Crippen LogP contribution is -2.40. The first-order valence-corrected chi connectivity index (χ1v) is 16.2. The van der Waals surface area contributed by atoms with Crippen LogP contribution in [0.5, 0.6) is 0 Å². The van der Waals surface area contributed by atoms with E-state index in [9.17, 15) is 14.4 Å². The SMILES string of the molecule is CC(C)n1ccnc1C#CCNC(=O)C(=O)NCc1ccccc1C(=O)NC1(c2cc(F)cc(C3=CN(C4CC4)CCC=C3)c2)CC1. The van der Waals surface area contributed by atoms with Crippen LogP contribution in [0.25, 0.3) is 5.57 Å². The van der Waals surface area contributed by atoms with Crippen molar-refractivity contribution in [2.24, 2.45) is 0 Å². The second-order valence-electron chi connectivity index (χ2n) is 12.6. The monoisotopic (exact) mass is 634 g/mol. The number of benzene rings is 2. The van der Waals surface area contributed by atoms with Gasteiger partial charge in [0.25, 0.3) is 5.91 Å². The van der Waals surface area contributed by atoms with Gasteiger partial charge in [-0.2, -0.15) is 0 Å². The second kappa shape index (κ2) is 13.7. The molecule has 3 amide bonds. The first-order valence-electron chi connectivity index (χ1n) is 16.2. The van der Waals surface area contributed by atoms with Crippen LogP contribution in [0.4, 0.5) is 4.39 Å². The lowest BCUT2D eigenvalue weighted by molar-refractivity contribution is -0.139. The molecular weight excluding hydrogens is 595 g/mol. The molecule has 2 heterocycles. The molecule has 1 aliphatic heterocycles. The molecular formula is C37H39FN6O3. The zero-order valence-corrected chi connectivity index (χ0v) is 26.7. The Labute approximate surface area is 274 Å². The van der Waals surface area contributed by atoms with Gasteiger partial charge < -0.3 is 25.4 Å². The Morgan fingerprint density at radius 3 is 2.64 bits per heavy atom. The Hall–Kier alpha value is -5.17. The summed E-state index contributed by atoms with van der Waals surface area (Å²) in [6.07, 6.45) is 14.5. The van der Waals surface area contributed by atoms with E-state index in [4.69, 9.17) is 0 Å². The van der Waals surface area contributed by atoms with Crippen LogP contribution in [0.15, 0.2) is 73.2 Å². The van der Waals surface area contributed by atoms with Crippen LogP contribution in [-0.4, -0.2) is 51.3 Å². The van der Waals surface area contributed by atoms with Gasteiger partial charge in [0.1, 0.15) is 5.82 Å². The van der Waals surface area contributed by atoms with Gasteiger partial charge in [-0.3, -0.25) is 14.4 Å². The fraction of sp³-hybridized carbons (Fsp3) is 0.351. The first-order chi connectivity index (χ1) is 22.7. The average molecular weight is 635 g/mol. The van der Waals surface area contributed by atoms with Crippen LogP contribution in [-0.2, 0) is 21.7 Å². The number of allylic oxidation sites excluding steroid dienone is 2. The maximum atomic E-state index is 15.0. The minimum Gasteiger partial charge on any atom is -0.374 e.